The summed E-state index contributed by atoms with van der Waals surface area (Å²) in [5.74, 6) is 0. The lowest BCUT2D eigenvalue weighted by molar-refractivity contribution is 0.0163. The van der Waals surface area contributed by atoms with Crippen molar-refractivity contribution in [2.45, 2.75) is 38.2 Å². The van der Waals surface area contributed by atoms with E-state index in [9.17, 15) is 4.79 Å². The molecule has 0 spiro atoms. The fourth-order valence-corrected chi connectivity index (χ4v) is 2.26. The number of rotatable bonds is 12. The van der Waals surface area contributed by atoms with Crippen molar-refractivity contribution < 1.29 is 23.7 Å². The van der Waals surface area contributed by atoms with E-state index >= 15 is 0 Å². The molecular formula is C17H32N2O5. The monoisotopic (exact) mass is 344 g/mol. The van der Waals surface area contributed by atoms with Crippen LogP contribution >= 0.6 is 0 Å². The first-order chi connectivity index (χ1) is 11.8. The van der Waals surface area contributed by atoms with Crippen LogP contribution < -0.4 is 11.1 Å². The first-order valence-corrected chi connectivity index (χ1v) is 8.87. The third-order valence-electron chi connectivity index (χ3n) is 3.49. The third-order valence-corrected chi connectivity index (χ3v) is 3.49. The summed E-state index contributed by atoms with van der Waals surface area (Å²) in [7, 11) is 0. The maximum atomic E-state index is 11.7. The quantitative estimate of drug-likeness (QED) is 0.413. The van der Waals surface area contributed by atoms with Crippen molar-refractivity contribution in [3.8, 4) is 0 Å². The normalized spacial score (nSPS) is 19.3. The van der Waals surface area contributed by atoms with E-state index in [1.165, 1.54) is 12.8 Å². The van der Waals surface area contributed by atoms with Gasteiger partial charge in [0.1, 0.15) is 6.10 Å². The van der Waals surface area contributed by atoms with Crippen molar-refractivity contribution in [1.29, 1.82) is 0 Å². The van der Waals surface area contributed by atoms with Gasteiger partial charge >= 0.3 is 6.09 Å². The van der Waals surface area contributed by atoms with Crippen molar-refractivity contribution in [3.63, 3.8) is 0 Å². The van der Waals surface area contributed by atoms with Crippen LogP contribution in [0, 0.1) is 0 Å². The van der Waals surface area contributed by atoms with Gasteiger partial charge in [0.2, 0.25) is 0 Å². The van der Waals surface area contributed by atoms with Crippen molar-refractivity contribution in [2.75, 3.05) is 52.7 Å². The molecule has 24 heavy (non-hydrogen) atoms. The minimum Gasteiger partial charge on any atom is -0.442 e. The second kappa shape index (κ2) is 15.4. The molecule has 1 aliphatic rings. The first-order valence-electron chi connectivity index (χ1n) is 8.87. The zero-order valence-corrected chi connectivity index (χ0v) is 14.5. The lowest BCUT2D eigenvalue weighted by atomic mass is 10.0. The van der Waals surface area contributed by atoms with Gasteiger partial charge in [-0.05, 0) is 31.8 Å². The van der Waals surface area contributed by atoms with E-state index in [-0.39, 0.29) is 12.2 Å². The lowest BCUT2D eigenvalue weighted by Crippen LogP contribution is -2.31. The number of ether oxygens (including phenoxy) is 4. The highest BCUT2D eigenvalue weighted by Gasteiger charge is 2.11. The van der Waals surface area contributed by atoms with E-state index in [0.717, 1.165) is 19.3 Å². The number of carbonyl (C=O) groups is 1. The van der Waals surface area contributed by atoms with Crippen LogP contribution in [0.5, 0.6) is 0 Å². The molecule has 1 amide bonds. The fraction of sp³-hybridized carbons (Fsp3) is 0.824. The fourth-order valence-electron chi connectivity index (χ4n) is 2.26. The molecule has 0 heterocycles. The second-order valence-electron chi connectivity index (χ2n) is 5.56. The molecule has 0 fully saturated rings. The van der Waals surface area contributed by atoms with Gasteiger partial charge in [0.25, 0.3) is 0 Å². The molecule has 0 aromatic carbocycles. The number of amides is 1. The Morgan fingerprint density at radius 2 is 1.71 bits per heavy atom. The Hall–Kier alpha value is -1.15. The molecule has 0 saturated carbocycles. The topological polar surface area (TPSA) is 92.0 Å². The number of nitrogens with two attached hydrogens (primary N) is 1. The summed E-state index contributed by atoms with van der Waals surface area (Å²) < 4.78 is 21.2. The molecule has 0 aliphatic heterocycles. The maximum absolute atomic E-state index is 11.7. The number of carbonyl (C=O) groups excluding carboxylic acids is 1. The van der Waals surface area contributed by atoms with E-state index in [0.29, 0.717) is 52.7 Å². The summed E-state index contributed by atoms with van der Waals surface area (Å²) in [6.45, 7) is 4.00. The van der Waals surface area contributed by atoms with Gasteiger partial charge < -0.3 is 30.0 Å². The van der Waals surface area contributed by atoms with Crippen molar-refractivity contribution in [1.82, 2.24) is 5.32 Å². The van der Waals surface area contributed by atoms with Crippen molar-refractivity contribution in [3.05, 3.63) is 12.2 Å². The third kappa shape index (κ3) is 12.3. The summed E-state index contributed by atoms with van der Waals surface area (Å²) in [5.41, 5.74) is 5.30. The Morgan fingerprint density at radius 1 is 1.00 bits per heavy atom. The molecule has 140 valence electrons. The number of hydrogen-bond donors (Lipinski definition) is 2. The Bertz CT molecular complexity index is 339. The number of alkyl carbamates (subject to hydrolysis) is 1. The molecule has 0 bridgehead atoms. The van der Waals surface area contributed by atoms with E-state index in [1.807, 2.05) is 6.08 Å². The Kier molecular flexibility index (Phi) is 13.4. The van der Waals surface area contributed by atoms with Crippen LogP contribution in [0.15, 0.2) is 12.2 Å². The van der Waals surface area contributed by atoms with Crippen LogP contribution in [0.2, 0.25) is 0 Å². The molecule has 1 unspecified atom stereocenters. The predicted molar refractivity (Wildman–Crippen MR) is 92.0 cm³/mol. The first kappa shape index (κ1) is 20.9. The van der Waals surface area contributed by atoms with Gasteiger partial charge in [-0.25, -0.2) is 4.79 Å². The van der Waals surface area contributed by atoms with Crippen LogP contribution in [0.25, 0.3) is 0 Å². The zero-order chi connectivity index (χ0) is 17.3. The van der Waals surface area contributed by atoms with Gasteiger partial charge in [0.15, 0.2) is 0 Å². The highest BCUT2D eigenvalue weighted by molar-refractivity contribution is 5.67. The molecule has 0 aromatic heterocycles. The molecular weight excluding hydrogens is 312 g/mol. The molecule has 0 radical (unpaired) electrons. The van der Waals surface area contributed by atoms with Gasteiger partial charge in [-0.3, -0.25) is 0 Å². The van der Waals surface area contributed by atoms with Crippen LogP contribution in [0.1, 0.15) is 32.1 Å². The molecule has 0 saturated heterocycles. The lowest BCUT2D eigenvalue weighted by Gasteiger charge is -2.16. The van der Waals surface area contributed by atoms with Crippen LogP contribution in [-0.4, -0.2) is 64.9 Å². The van der Waals surface area contributed by atoms with Gasteiger partial charge in [-0.15, -0.1) is 0 Å². The number of nitrogens with one attached hydrogen (secondary N) is 1. The molecule has 1 atom stereocenters. The molecule has 1 aliphatic carbocycles. The minimum absolute atomic E-state index is 0.110. The van der Waals surface area contributed by atoms with Gasteiger partial charge in [-0.2, -0.15) is 0 Å². The predicted octanol–water partition coefficient (Wildman–Crippen LogP) is 1.61. The highest BCUT2D eigenvalue weighted by atomic mass is 16.6. The van der Waals surface area contributed by atoms with Gasteiger partial charge in [0.05, 0.1) is 39.6 Å². The molecule has 7 nitrogen and oxygen atoms in total. The minimum atomic E-state index is -0.387. The zero-order valence-electron chi connectivity index (χ0n) is 14.5. The summed E-state index contributed by atoms with van der Waals surface area (Å²) in [6.07, 6.45) is 9.07. The van der Waals surface area contributed by atoms with Crippen LogP contribution in [0.3, 0.4) is 0 Å². The summed E-state index contributed by atoms with van der Waals surface area (Å²) in [6, 6.07) is 0. The maximum Gasteiger partial charge on any atom is 0.407 e. The number of allylic oxidation sites excluding steroid dienone is 1. The average molecular weight is 344 g/mol. The van der Waals surface area contributed by atoms with Crippen molar-refractivity contribution >= 4 is 6.09 Å². The van der Waals surface area contributed by atoms with Gasteiger partial charge in [0, 0.05) is 13.1 Å². The van der Waals surface area contributed by atoms with E-state index in [4.69, 9.17) is 24.7 Å². The molecule has 0 aromatic rings. The van der Waals surface area contributed by atoms with Crippen LogP contribution in [0.4, 0.5) is 4.79 Å². The largest absolute Gasteiger partial charge is 0.442 e. The SMILES string of the molecule is NCCOCCOCCOCCNC(=O)OC1/C=C\CCCCC1. The smallest absolute Gasteiger partial charge is 0.407 e. The highest BCUT2D eigenvalue weighted by Crippen LogP contribution is 2.14. The summed E-state index contributed by atoms with van der Waals surface area (Å²) >= 11 is 0. The number of hydrogen-bond acceptors (Lipinski definition) is 6. The summed E-state index contributed by atoms with van der Waals surface area (Å²) in [4.78, 5) is 11.7. The van der Waals surface area contributed by atoms with Crippen LogP contribution in [-0.2, 0) is 18.9 Å². The van der Waals surface area contributed by atoms with Crippen molar-refractivity contribution in [2.24, 2.45) is 5.73 Å². The standard InChI is InChI=1S/C17H32N2O5/c18-8-10-21-12-14-23-15-13-22-11-9-19-17(20)24-16-6-4-2-1-3-5-7-16/h4,6,16H,1-3,5,7-15,18H2,(H,19,20)/b6-4-. The van der Waals surface area contributed by atoms with E-state index in [1.54, 1.807) is 0 Å². The summed E-state index contributed by atoms with van der Waals surface area (Å²) in [5, 5.41) is 2.70. The Morgan fingerprint density at radius 3 is 2.46 bits per heavy atom. The Balaban J connectivity index is 1.89. The second-order valence-corrected chi connectivity index (χ2v) is 5.56. The average Bonchev–Trinajstić information content (AvgIpc) is 2.55. The van der Waals surface area contributed by atoms with E-state index in [2.05, 4.69) is 11.4 Å². The van der Waals surface area contributed by atoms with E-state index < -0.39 is 0 Å². The Labute approximate surface area is 144 Å². The van der Waals surface area contributed by atoms with Gasteiger partial charge in [-0.1, -0.05) is 12.5 Å². The molecule has 7 heteroatoms. The molecule has 3 N–H and O–H groups in total. The molecule has 1 rings (SSSR count).